The maximum Gasteiger partial charge on any atom is 0.239 e. The summed E-state index contributed by atoms with van der Waals surface area (Å²) in [7, 11) is 0. The Bertz CT molecular complexity index is 993. The molecular weight excluding hydrogens is 440 g/mol. The molecule has 2 aromatic rings. The molecule has 186 valence electrons. The Kier molecular flexibility index (Phi) is 6.22. The molecule has 3 saturated carbocycles. The number of hydrogen-bond donors (Lipinski definition) is 3. The topological polar surface area (TPSA) is 104 Å². The van der Waals surface area contributed by atoms with Crippen LogP contribution in [-0.4, -0.2) is 38.1 Å². The van der Waals surface area contributed by atoms with E-state index in [0.29, 0.717) is 38.5 Å². The number of rotatable bonds is 8. The summed E-state index contributed by atoms with van der Waals surface area (Å²) in [4.78, 5) is 29.3. The Balaban J connectivity index is 1.74. The van der Waals surface area contributed by atoms with Gasteiger partial charge in [-0.1, -0.05) is 73.5 Å². The number of carbonyl (C=O) groups is 2. The van der Waals surface area contributed by atoms with E-state index in [0.717, 1.165) is 36.8 Å². The normalized spacial score (nSPS) is 23.4. The molecule has 3 aliphatic carbocycles. The molecule has 6 heteroatoms. The lowest BCUT2D eigenvalue weighted by Gasteiger charge is -2.56. The van der Waals surface area contributed by atoms with E-state index in [9.17, 15) is 19.8 Å². The maximum atomic E-state index is 14.7. The van der Waals surface area contributed by atoms with Crippen molar-refractivity contribution in [1.82, 2.24) is 4.90 Å². The molecule has 2 atom stereocenters. The second-order valence-electron chi connectivity index (χ2n) is 10.9. The first kappa shape index (κ1) is 24.0. The fraction of sp³-hybridized carbons (Fsp3) is 0.517. The van der Waals surface area contributed by atoms with Crippen LogP contribution in [0, 0.1) is 5.41 Å². The molecule has 0 spiro atoms. The van der Waals surface area contributed by atoms with Gasteiger partial charge in [0.25, 0.3) is 0 Å². The van der Waals surface area contributed by atoms with Crippen LogP contribution in [0.5, 0.6) is 0 Å². The second kappa shape index (κ2) is 9.07. The number of nitrogens with two attached hydrogens (primary N) is 1. The fourth-order valence-corrected chi connectivity index (χ4v) is 6.53. The molecule has 2 unspecified atom stereocenters. The number of aliphatic hydroxyl groups is 2. The highest BCUT2D eigenvalue weighted by molar-refractivity contribution is 6.05. The molecule has 3 aliphatic rings. The van der Waals surface area contributed by atoms with Gasteiger partial charge in [-0.2, -0.15) is 0 Å². The molecule has 2 aromatic carbocycles. The fourth-order valence-electron chi connectivity index (χ4n) is 6.53. The third-order valence-corrected chi connectivity index (χ3v) is 8.82. The van der Waals surface area contributed by atoms with Crippen molar-refractivity contribution in [2.75, 3.05) is 0 Å². The summed E-state index contributed by atoms with van der Waals surface area (Å²) < 4.78 is 0. The van der Waals surface area contributed by atoms with Gasteiger partial charge in [-0.15, -0.1) is 0 Å². The van der Waals surface area contributed by atoms with Gasteiger partial charge >= 0.3 is 0 Å². The zero-order chi connectivity index (χ0) is 24.7. The number of benzene rings is 2. The SMILES string of the molecule is NC(=O)C1(C(=O)N(C(c2ccccc2)C2(O)CCC2)C(c2ccccc2)C2(O)CCC2)CCCC1. The summed E-state index contributed by atoms with van der Waals surface area (Å²) in [5, 5.41) is 23.7. The van der Waals surface area contributed by atoms with Crippen molar-refractivity contribution >= 4 is 11.8 Å². The Morgan fingerprint density at radius 3 is 1.40 bits per heavy atom. The highest BCUT2D eigenvalue weighted by Crippen LogP contribution is 2.55. The molecule has 5 rings (SSSR count). The van der Waals surface area contributed by atoms with Crippen molar-refractivity contribution in [3.8, 4) is 0 Å². The molecular formula is C29H36N2O4. The molecule has 2 amide bonds. The number of primary amides is 1. The molecule has 6 nitrogen and oxygen atoms in total. The highest BCUT2D eigenvalue weighted by Gasteiger charge is 2.59. The van der Waals surface area contributed by atoms with E-state index >= 15 is 0 Å². The minimum absolute atomic E-state index is 0.356. The summed E-state index contributed by atoms with van der Waals surface area (Å²) in [6.45, 7) is 0. The van der Waals surface area contributed by atoms with Gasteiger partial charge in [0.2, 0.25) is 11.8 Å². The van der Waals surface area contributed by atoms with Gasteiger partial charge < -0.3 is 20.8 Å². The predicted molar refractivity (Wildman–Crippen MR) is 133 cm³/mol. The maximum absolute atomic E-state index is 14.7. The highest BCUT2D eigenvalue weighted by atomic mass is 16.3. The van der Waals surface area contributed by atoms with Gasteiger partial charge in [-0.3, -0.25) is 9.59 Å². The average molecular weight is 477 g/mol. The Hall–Kier alpha value is -2.70. The summed E-state index contributed by atoms with van der Waals surface area (Å²) in [5.74, 6) is -0.962. The summed E-state index contributed by atoms with van der Waals surface area (Å²) in [6.07, 6.45) is 6.26. The molecule has 0 aliphatic heterocycles. The van der Waals surface area contributed by atoms with Crippen LogP contribution in [0.3, 0.4) is 0 Å². The molecule has 0 aromatic heterocycles. The standard InChI is InChI=1S/C29H36N2O4/c30-25(32)27(15-7-8-16-27)26(33)31(23(28(34)17-9-18-28)21-11-3-1-4-12-21)24(29(35)19-10-20-29)22-13-5-2-6-14-22/h1-6,11-14,23-24,34-35H,7-10,15-20H2,(H2,30,32). The van der Waals surface area contributed by atoms with E-state index in [1.165, 1.54) is 0 Å². The lowest BCUT2D eigenvalue weighted by atomic mass is 9.66. The lowest BCUT2D eigenvalue weighted by Crippen LogP contribution is -2.62. The first-order valence-electron chi connectivity index (χ1n) is 13.0. The van der Waals surface area contributed by atoms with E-state index in [1.807, 2.05) is 60.7 Å². The zero-order valence-corrected chi connectivity index (χ0v) is 20.2. The van der Waals surface area contributed by atoms with Gasteiger partial charge in [-0.05, 0) is 62.5 Å². The molecule has 3 fully saturated rings. The molecule has 0 saturated heterocycles. The number of hydrogen-bond acceptors (Lipinski definition) is 4. The van der Waals surface area contributed by atoms with Crippen LogP contribution in [0.4, 0.5) is 0 Å². The third kappa shape index (κ3) is 3.97. The van der Waals surface area contributed by atoms with Crippen LogP contribution in [0.25, 0.3) is 0 Å². The van der Waals surface area contributed by atoms with E-state index in [2.05, 4.69) is 0 Å². The first-order valence-corrected chi connectivity index (χ1v) is 13.0. The predicted octanol–water partition coefficient (Wildman–Crippen LogP) is 4.17. The van der Waals surface area contributed by atoms with Crippen molar-refractivity contribution in [2.45, 2.75) is 87.5 Å². The minimum Gasteiger partial charge on any atom is -0.387 e. The largest absolute Gasteiger partial charge is 0.387 e. The van der Waals surface area contributed by atoms with Crippen molar-refractivity contribution in [1.29, 1.82) is 0 Å². The smallest absolute Gasteiger partial charge is 0.239 e. The molecule has 0 radical (unpaired) electrons. The zero-order valence-electron chi connectivity index (χ0n) is 20.2. The summed E-state index contributed by atoms with van der Waals surface area (Å²) >= 11 is 0. The van der Waals surface area contributed by atoms with Crippen LogP contribution in [-0.2, 0) is 9.59 Å². The van der Waals surface area contributed by atoms with Crippen molar-refractivity contribution in [3.63, 3.8) is 0 Å². The second-order valence-corrected chi connectivity index (χ2v) is 10.9. The van der Waals surface area contributed by atoms with Crippen molar-refractivity contribution in [2.24, 2.45) is 11.1 Å². The number of amides is 2. The van der Waals surface area contributed by atoms with E-state index in [1.54, 1.807) is 4.90 Å². The van der Waals surface area contributed by atoms with E-state index in [4.69, 9.17) is 5.73 Å². The van der Waals surface area contributed by atoms with Crippen molar-refractivity contribution in [3.05, 3.63) is 71.8 Å². The Labute approximate surface area is 207 Å². The van der Waals surface area contributed by atoms with Gasteiger partial charge in [0.05, 0.1) is 23.3 Å². The van der Waals surface area contributed by atoms with Crippen LogP contribution < -0.4 is 5.73 Å². The molecule has 35 heavy (non-hydrogen) atoms. The van der Waals surface area contributed by atoms with E-state index < -0.39 is 34.6 Å². The number of nitrogens with zero attached hydrogens (tertiary/aromatic N) is 1. The Morgan fingerprint density at radius 1 is 0.686 bits per heavy atom. The van der Waals surface area contributed by atoms with Crippen molar-refractivity contribution < 1.29 is 19.8 Å². The van der Waals surface area contributed by atoms with E-state index in [-0.39, 0.29) is 5.91 Å². The van der Waals surface area contributed by atoms with Gasteiger partial charge in [0.15, 0.2) is 0 Å². The van der Waals surface area contributed by atoms with Gasteiger partial charge in [0.1, 0.15) is 5.41 Å². The summed E-state index contributed by atoms with van der Waals surface area (Å²) in [5.41, 5.74) is 3.97. The average Bonchev–Trinajstić information content (AvgIpc) is 3.34. The Morgan fingerprint density at radius 2 is 1.09 bits per heavy atom. The first-order chi connectivity index (χ1) is 16.8. The minimum atomic E-state index is -1.32. The summed E-state index contributed by atoms with van der Waals surface area (Å²) in [6, 6.07) is 17.8. The number of carbonyl (C=O) groups excluding carboxylic acids is 2. The quantitative estimate of drug-likeness (QED) is 0.497. The lowest BCUT2D eigenvalue weighted by molar-refractivity contribution is -0.188. The molecule has 0 bridgehead atoms. The van der Waals surface area contributed by atoms with Gasteiger partial charge in [-0.25, -0.2) is 0 Å². The van der Waals surface area contributed by atoms with Gasteiger partial charge in [0, 0.05) is 0 Å². The van der Waals surface area contributed by atoms with Crippen LogP contribution in [0.2, 0.25) is 0 Å². The van der Waals surface area contributed by atoms with Crippen LogP contribution in [0.15, 0.2) is 60.7 Å². The monoisotopic (exact) mass is 476 g/mol. The van der Waals surface area contributed by atoms with Crippen LogP contribution >= 0.6 is 0 Å². The molecule has 4 N–H and O–H groups in total. The van der Waals surface area contributed by atoms with Crippen LogP contribution in [0.1, 0.15) is 87.4 Å². The third-order valence-electron chi connectivity index (χ3n) is 8.82. The molecule has 0 heterocycles.